The summed E-state index contributed by atoms with van der Waals surface area (Å²) in [5.74, 6) is 0.654. The molecule has 0 bridgehead atoms. The number of para-hydroxylation sites is 2. The van der Waals surface area contributed by atoms with Crippen molar-refractivity contribution in [1.29, 1.82) is 0 Å². The Morgan fingerprint density at radius 1 is 1.43 bits per heavy atom. The molecule has 0 aliphatic carbocycles. The Labute approximate surface area is 128 Å². The lowest BCUT2D eigenvalue weighted by molar-refractivity contribution is -0.127. The second kappa shape index (κ2) is 6.18. The standard InChI is InChI=1S/C16H18N2O2S/c1-2-11-7-8-21-15(11)10-18-16(19)14-9-17-12-5-3-4-6-13(12)20-14/h3-8,14,17H,2,9-10H2,1H3,(H,18,19). The lowest BCUT2D eigenvalue weighted by atomic mass is 10.2. The maximum Gasteiger partial charge on any atom is 0.263 e. The summed E-state index contributed by atoms with van der Waals surface area (Å²) in [4.78, 5) is 13.4. The fourth-order valence-electron chi connectivity index (χ4n) is 2.38. The minimum Gasteiger partial charge on any atom is -0.477 e. The van der Waals surface area contributed by atoms with Crippen molar-refractivity contribution in [2.75, 3.05) is 11.9 Å². The highest BCUT2D eigenvalue weighted by atomic mass is 32.1. The topological polar surface area (TPSA) is 50.4 Å². The lowest BCUT2D eigenvalue weighted by Gasteiger charge is -2.26. The largest absolute Gasteiger partial charge is 0.477 e. The van der Waals surface area contributed by atoms with Gasteiger partial charge in [-0.3, -0.25) is 4.79 Å². The summed E-state index contributed by atoms with van der Waals surface area (Å²) in [5.41, 5.74) is 2.24. The Kier molecular flexibility index (Phi) is 4.10. The number of fused-ring (bicyclic) bond motifs is 1. The van der Waals surface area contributed by atoms with Gasteiger partial charge in [-0.25, -0.2) is 0 Å². The predicted molar refractivity (Wildman–Crippen MR) is 84.9 cm³/mol. The number of hydrogen-bond acceptors (Lipinski definition) is 4. The quantitative estimate of drug-likeness (QED) is 0.913. The third kappa shape index (κ3) is 3.03. The predicted octanol–water partition coefficient (Wildman–Crippen LogP) is 2.80. The van der Waals surface area contributed by atoms with Crippen LogP contribution in [0.4, 0.5) is 5.69 Å². The molecule has 1 aromatic carbocycles. The number of ether oxygens (including phenoxy) is 1. The summed E-state index contributed by atoms with van der Waals surface area (Å²) in [5, 5.41) is 8.26. The molecule has 2 heterocycles. The molecule has 4 nitrogen and oxygen atoms in total. The van der Waals surface area contributed by atoms with Crippen LogP contribution < -0.4 is 15.4 Å². The average Bonchev–Trinajstić information content (AvgIpc) is 2.99. The number of amides is 1. The summed E-state index contributed by atoms with van der Waals surface area (Å²) in [6, 6.07) is 9.78. The van der Waals surface area contributed by atoms with Crippen molar-refractivity contribution in [1.82, 2.24) is 5.32 Å². The zero-order chi connectivity index (χ0) is 14.7. The number of carbonyl (C=O) groups excluding carboxylic acids is 1. The maximum absolute atomic E-state index is 12.2. The fourth-order valence-corrected chi connectivity index (χ4v) is 3.29. The summed E-state index contributed by atoms with van der Waals surface area (Å²) in [6.45, 7) is 3.19. The van der Waals surface area contributed by atoms with E-state index < -0.39 is 6.10 Å². The number of thiophene rings is 1. The van der Waals surface area contributed by atoms with E-state index in [1.165, 1.54) is 10.4 Å². The molecule has 0 fully saturated rings. The van der Waals surface area contributed by atoms with Crippen molar-refractivity contribution < 1.29 is 9.53 Å². The monoisotopic (exact) mass is 302 g/mol. The highest BCUT2D eigenvalue weighted by Crippen LogP contribution is 2.28. The molecule has 0 saturated carbocycles. The van der Waals surface area contributed by atoms with Crippen molar-refractivity contribution in [3.8, 4) is 5.75 Å². The number of aryl methyl sites for hydroxylation is 1. The normalized spacial score (nSPS) is 16.5. The number of anilines is 1. The van der Waals surface area contributed by atoms with Gasteiger partial charge in [0.15, 0.2) is 6.10 Å². The molecule has 1 aromatic heterocycles. The molecular formula is C16H18N2O2S. The van der Waals surface area contributed by atoms with E-state index in [1.807, 2.05) is 24.3 Å². The summed E-state index contributed by atoms with van der Waals surface area (Å²) in [6.07, 6.45) is 0.508. The molecule has 0 radical (unpaired) electrons. The molecule has 21 heavy (non-hydrogen) atoms. The van der Waals surface area contributed by atoms with Crippen LogP contribution in [0.2, 0.25) is 0 Å². The molecule has 0 saturated heterocycles. The van der Waals surface area contributed by atoms with E-state index in [4.69, 9.17) is 4.74 Å². The first-order valence-corrected chi connectivity index (χ1v) is 7.98. The van der Waals surface area contributed by atoms with Gasteiger partial charge in [-0.1, -0.05) is 19.1 Å². The van der Waals surface area contributed by atoms with Crippen LogP contribution in [0.3, 0.4) is 0 Å². The molecule has 1 amide bonds. The molecule has 3 rings (SSSR count). The van der Waals surface area contributed by atoms with E-state index in [9.17, 15) is 4.79 Å². The highest BCUT2D eigenvalue weighted by molar-refractivity contribution is 7.10. The van der Waals surface area contributed by atoms with E-state index in [2.05, 4.69) is 29.0 Å². The zero-order valence-electron chi connectivity index (χ0n) is 11.9. The van der Waals surface area contributed by atoms with Crippen LogP contribution in [0, 0.1) is 0 Å². The fraction of sp³-hybridized carbons (Fsp3) is 0.312. The van der Waals surface area contributed by atoms with E-state index in [1.54, 1.807) is 11.3 Å². The van der Waals surface area contributed by atoms with Crippen LogP contribution in [0.15, 0.2) is 35.7 Å². The lowest BCUT2D eigenvalue weighted by Crippen LogP contribution is -2.44. The van der Waals surface area contributed by atoms with E-state index >= 15 is 0 Å². The summed E-state index contributed by atoms with van der Waals surface area (Å²) in [7, 11) is 0. The molecule has 110 valence electrons. The van der Waals surface area contributed by atoms with E-state index in [0.29, 0.717) is 13.1 Å². The third-order valence-corrected chi connectivity index (χ3v) is 4.53. The number of carbonyl (C=O) groups is 1. The smallest absolute Gasteiger partial charge is 0.263 e. The van der Waals surface area contributed by atoms with Gasteiger partial charge in [0.1, 0.15) is 5.75 Å². The maximum atomic E-state index is 12.2. The van der Waals surface area contributed by atoms with Gasteiger partial charge in [-0.05, 0) is 35.6 Å². The Hall–Kier alpha value is -2.01. The Morgan fingerprint density at radius 2 is 2.29 bits per heavy atom. The van der Waals surface area contributed by atoms with Crippen LogP contribution in [0.1, 0.15) is 17.4 Å². The van der Waals surface area contributed by atoms with Crippen LogP contribution in [0.5, 0.6) is 5.75 Å². The van der Waals surface area contributed by atoms with Gasteiger partial charge in [-0.15, -0.1) is 11.3 Å². The van der Waals surface area contributed by atoms with Crippen molar-refractivity contribution in [2.45, 2.75) is 26.0 Å². The Morgan fingerprint density at radius 3 is 3.14 bits per heavy atom. The molecule has 2 N–H and O–H groups in total. The van der Waals surface area contributed by atoms with Gasteiger partial charge in [0, 0.05) is 4.88 Å². The minimum atomic E-state index is -0.482. The van der Waals surface area contributed by atoms with Gasteiger partial charge in [-0.2, -0.15) is 0 Å². The molecule has 2 aromatic rings. The molecule has 1 aliphatic rings. The van der Waals surface area contributed by atoms with Gasteiger partial charge >= 0.3 is 0 Å². The van der Waals surface area contributed by atoms with Crippen LogP contribution in [0.25, 0.3) is 0 Å². The van der Waals surface area contributed by atoms with Gasteiger partial charge in [0.25, 0.3) is 5.91 Å². The Bertz CT molecular complexity index is 639. The SMILES string of the molecule is CCc1ccsc1CNC(=O)C1CNc2ccccc2O1. The number of rotatable bonds is 4. The third-order valence-electron chi connectivity index (χ3n) is 3.57. The van der Waals surface area contributed by atoms with Crippen LogP contribution in [-0.2, 0) is 17.8 Å². The number of hydrogen-bond donors (Lipinski definition) is 2. The molecule has 0 spiro atoms. The van der Waals surface area contributed by atoms with Crippen LogP contribution >= 0.6 is 11.3 Å². The first-order valence-electron chi connectivity index (χ1n) is 7.10. The van der Waals surface area contributed by atoms with E-state index in [-0.39, 0.29) is 5.91 Å². The molecule has 5 heteroatoms. The molecular weight excluding hydrogens is 284 g/mol. The van der Waals surface area contributed by atoms with Crippen molar-refractivity contribution in [2.24, 2.45) is 0 Å². The minimum absolute atomic E-state index is 0.0764. The first kappa shape index (κ1) is 13.9. The summed E-state index contributed by atoms with van der Waals surface area (Å²) >= 11 is 1.68. The Balaban J connectivity index is 1.60. The van der Waals surface area contributed by atoms with Crippen molar-refractivity contribution in [3.05, 3.63) is 46.2 Å². The van der Waals surface area contributed by atoms with Gasteiger partial charge in [0.2, 0.25) is 0 Å². The summed E-state index contributed by atoms with van der Waals surface area (Å²) < 4.78 is 5.75. The first-order chi connectivity index (χ1) is 10.3. The van der Waals surface area contributed by atoms with Crippen molar-refractivity contribution in [3.63, 3.8) is 0 Å². The number of benzene rings is 1. The average molecular weight is 302 g/mol. The van der Waals surface area contributed by atoms with Crippen molar-refractivity contribution >= 4 is 22.9 Å². The van der Waals surface area contributed by atoms with E-state index in [0.717, 1.165) is 17.9 Å². The van der Waals surface area contributed by atoms with Crippen LogP contribution in [-0.4, -0.2) is 18.6 Å². The van der Waals surface area contributed by atoms with Gasteiger partial charge < -0.3 is 15.4 Å². The molecule has 1 aliphatic heterocycles. The second-order valence-electron chi connectivity index (χ2n) is 4.92. The van der Waals surface area contributed by atoms with Gasteiger partial charge in [0.05, 0.1) is 18.8 Å². The molecule has 1 atom stereocenters. The molecule has 1 unspecified atom stereocenters. The second-order valence-corrected chi connectivity index (χ2v) is 5.92. The highest BCUT2D eigenvalue weighted by Gasteiger charge is 2.25. The zero-order valence-corrected chi connectivity index (χ0v) is 12.7. The number of nitrogens with one attached hydrogen (secondary N) is 2.